The Hall–Kier alpha value is -0.830. The number of rotatable bonds is 5. The highest BCUT2D eigenvalue weighted by molar-refractivity contribution is 5.76. The summed E-state index contributed by atoms with van der Waals surface area (Å²) < 4.78 is 0. The van der Waals surface area contributed by atoms with Crippen LogP contribution in [0, 0.1) is 0 Å². The van der Waals surface area contributed by atoms with Crippen LogP contribution >= 0.6 is 0 Å². The Morgan fingerprint density at radius 3 is 2.77 bits per heavy atom. The van der Waals surface area contributed by atoms with Gasteiger partial charge in [0.2, 0.25) is 5.91 Å². The van der Waals surface area contributed by atoms with Gasteiger partial charge in [0.05, 0.1) is 0 Å². The molecular formula is C10H18N2O. The van der Waals surface area contributed by atoms with Gasteiger partial charge >= 0.3 is 0 Å². The van der Waals surface area contributed by atoms with Crippen LogP contribution in [0.4, 0.5) is 0 Å². The highest BCUT2D eigenvalue weighted by Gasteiger charge is 2.16. The Labute approximate surface area is 79.8 Å². The maximum Gasteiger partial charge on any atom is 0.223 e. The van der Waals surface area contributed by atoms with Crippen molar-refractivity contribution in [3.8, 4) is 0 Å². The van der Waals surface area contributed by atoms with Crippen molar-refractivity contribution < 1.29 is 4.79 Å². The molecule has 0 aromatic carbocycles. The molecule has 13 heavy (non-hydrogen) atoms. The number of nitrogens with one attached hydrogen (secondary N) is 1. The fourth-order valence-corrected chi connectivity index (χ4v) is 1.52. The van der Waals surface area contributed by atoms with E-state index in [4.69, 9.17) is 0 Å². The monoisotopic (exact) mass is 182 g/mol. The topological polar surface area (TPSA) is 32.3 Å². The van der Waals surface area contributed by atoms with Gasteiger partial charge in [0.1, 0.15) is 0 Å². The third kappa shape index (κ3) is 3.59. The van der Waals surface area contributed by atoms with Crippen molar-refractivity contribution in [2.45, 2.75) is 19.3 Å². The molecule has 0 aromatic rings. The Morgan fingerprint density at radius 1 is 1.46 bits per heavy atom. The number of amides is 1. The second-order valence-electron chi connectivity index (χ2n) is 3.33. The highest BCUT2D eigenvalue weighted by atomic mass is 16.2. The average molecular weight is 182 g/mol. The molecule has 0 aromatic heterocycles. The molecule has 1 saturated heterocycles. The Bertz CT molecular complexity index is 174. The van der Waals surface area contributed by atoms with Crippen molar-refractivity contribution >= 4 is 5.91 Å². The van der Waals surface area contributed by atoms with Crippen molar-refractivity contribution in [1.82, 2.24) is 10.2 Å². The lowest BCUT2D eigenvalue weighted by Gasteiger charge is -2.14. The lowest BCUT2D eigenvalue weighted by molar-refractivity contribution is -0.130. The fourth-order valence-electron chi connectivity index (χ4n) is 1.52. The van der Waals surface area contributed by atoms with Crippen LogP contribution in [0.5, 0.6) is 0 Å². The number of carbonyl (C=O) groups excluding carboxylic acids is 1. The van der Waals surface area contributed by atoms with E-state index in [0.717, 1.165) is 26.2 Å². The minimum atomic E-state index is 0.286. The van der Waals surface area contributed by atoms with Crippen molar-refractivity contribution in [2.75, 3.05) is 26.2 Å². The van der Waals surface area contributed by atoms with Crippen LogP contribution in [-0.4, -0.2) is 37.0 Å². The van der Waals surface area contributed by atoms with E-state index in [1.807, 2.05) is 4.90 Å². The molecule has 74 valence electrons. The fraction of sp³-hybridized carbons (Fsp3) is 0.700. The van der Waals surface area contributed by atoms with E-state index in [0.29, 0.717) is 6.42 Å². The van der Waals surface area contributed by atoms with E-state index >= 15 is 0 Å². The Morgan fingerprint density at radius 2 is 2.15 bits per heavy atom. The van der Waals surface area contributed by atoms with Gasteiger partial charge in [0, 0.05) is 32.6 Å². The van der Waals surface area contributed by atoms with Crippen LogP contribution in [-0.2, 0) is 4.79 Å². The molecule has 3 heteroatoms. The molecule has 0 saturated carbocycles. The van der Waals surface area contributed by atoms with Gasteiger partial charge in [-0.15, -0.1) is 6.58 Å². The van der Waals surface area contributed by atoms with Gasteiger partial charge in [0.25, 0.3) is 0 Å². The lowest BCUT2D eigenvalue weighted by atomic mass is 10.3. The molecule has 0 atom stereocenters. The zero-order chi connectivity index (χ0) is 9.52. The standard InChI is InChI=1S/C10H18N2O/c1-2-6-11-7-5-10(13)12-8-3-4-9-12/h2,11H,1,3-9H2. The predicted octanol–water partition coefficient (Wildman–Crippen LogP) is 0.774. The van der Waals surface area contributed by atoms with E-state index in [2.05, 4.69) is 11.9 Å². The molecule has 0 aliphatic carbocycles. The van der Waals surface area contributed by atoms with E-state index in [9.17, 15) is 4.79 Å². The molecule has 3 nitrogen and oxygen atoms in total. The highest BCUT2D eigenvalue weighted by Crippen LogP contribution is 2.08. The van der Waals surface area contributed by atoms with Gasteiger partial charge < -0.3 is 10.2 Å². The van der Waals surface area contributed by atoms with E-state index < -0.39 is 0 Å². The van der Waals surface area contributed by atoms with E-state index in [1.165, 1.54) is 12.8 Å². The van der Waals surface area contributed by atoms with E-state index in [-0.39, 0.29) is 5.91 Å². The summed E-state index contributed by atoms with van der Waals surface area (Å²) in [5.41, 5.74) is 0. The minimum absolute atomic E-state index is 0.286. The molecule has 0 unspecified atom stereocenters. The van der Waals surface area contributed by atoms with Gasteiger partial charge in [-0.1, -0.05) is 6.08 Å². The molecule has 1 heterocycles. The summed E-state index contributed by atoms with van der Waals surface area (Å²) in [7, 11) is 0. The summed E-state index contributed by atoms with van der Waals surface area (Å²) in [6.45, 7) is 7.06. The third-order valence-corrected chi connectivity index (χ3v) is 2.26. The molecule has 0 radical (unpaired) electrons. The largest absolute Gasteiger partial charge is 0.343 e. The maximum atomic E-state index is 11.5. The predicted molar refractivity (Wildman–Crippen MR) is 53.5 cm³/mol. The summed E-state index contributed by atoms with van der Waals surface area (Å²) in [5.74, 6) is 0.286. The molecule has 1 N–H and O–H groups in total. The number of likely N-dealkylation sites (tertiary alicyclic amines) is 1. The normalized spacial score (nSPS) is 16.2. The first-order chi connectivity index (χ1) is 6.34. The van der Waals surface area contributed by atoms with Gasteiger partial charge in [-0.25, -0.2) is 0 Å². The second-order valence-corrected chi connectivity index (χ2v) is 3.33. The zero-order valence-electron chi connectivity index (χ0n) is 8.09. The van der Waals surface area contributed by atoms with Crippen molar-refractivity contribution in [1.29, 1.82) is 0 Å². The number of nitrogens with zero attached hydrogens (tertiary/aromatic N) is 1. The summed E-state index contributed by atoms with van der Waals surface area (Å²) in [5, 5.41) is 3.12. The van der Waals surface area contributed by atoms with E-state index in [1.54, 1.807) is 6.08 Å². The van der Waals surface area contributed by atoms with Crippen LogP contribution in [0.1, 0.15) is 19.3 Å². The first-order valence-electron chi connectivity index (χ1n) is 4.94. The molecule has 1 aliphatic rings. The number of hydrogen-bond acceptors (Lipinski definition) is 2. The summed E-state index contributed by atoms with van der Waals surface area (Å²) >= 11 is 0. The van der Waals surface area contributed by atoms with Crippen LogP contribution in [0.15, 0.2) is 12.7 Å². The lowest BCUT2D eigenvalue weighted by Crippen LogP contribution is -2.30. The molecular weight excluding hydrogens is 164 g/mol. The quantitative estimate of drug-likeness (QED) is 0.503. The summed E-state index contributed by atoms with van der Waals surface area (Å²) in [6.07, 6.45) is 4.77. The SMILES string of the molecule is C=CCNCCC(=O)N1CCCC1. The minimum Gasteiger partial charge on any atom is -0.343 e. The molecule has 1 aliphatic heterocycles. The Balaban J connectivity index is 2.06. The second kappa shape index (κ2) is 5.75. The summed E-state index contributed by atoms with van der Waals surface area (Å²) in [4.78, 5) is 13.4. The maximum absolute atomic E-state index is 11.5. The van der Waals surface area contributed by atoms with Crippen molar-refractivity contribution in [2.24, 2.45) is 0 Å². The van der Waals surface area contributed by atoms with Crippen LogP contribution in [0.2, 0.25) is 0 Å². The van der Waals surface area contributed by atoms with Crippen molar-refractivity contribution in [3.63, 3.8) is 0 Å². The van der Waals surface area contributed by atoms with Gasteiger partial charge in [0.15, 0.2) is 0 Å². The van der Waals surface area contributed by atoms with Crippen LogP contribution in [0.25, 0.3) is 0 Å². The van der Waals surface area contributed by atoms with Crippen LogP contribution < -0.4 is 5.32 Å². The zero-order valence-corrected chi connectivity index (χ0v) is 8.09. The number of hydrogen-bond donors (Lipinski definition) is 1. The average Bonchev–Trinajstić information content (AvgIpc) is 2.65. The molecule has 0 bridgehead atoms. The summed E-state index contributed by atoms with van der Waals surface area (Å²) in [6, 6.07) is 0. The van der Waals surface area contributed by atoms with Crippen LogP contribution in [0.3, 0.4) is 0 Å². The molecule has 1 fully saturated rings. The Kier molecular flexibility index (Phi) is 4.54. The number of carbonyl (C=O) groups is 1. The first-order valence-corrected chi connectivity index (χ1v) is 4.94. The molecule has 0 spiro atoms. The van der Waals surface area contributed by atoms with Gasteiger partial charge in [-0.05, 0) is 12.8 Å². The molecule has 1 rings (SSSR count). The van der Waals surface area contributed by atoms with Gasteiger partial charge in [-0.3, -0.25) is 4.79 Å². The van der Waals surface area contributed by atoms with Gasteiger partial charge in [-0.2, -0.15) is 0 Å². The molecule has 1 amide bonds. The smallest absolute Gasteiger partial charge is 0.223 e. The van der Waals surface area contributed by atoms with Crippen molar-refractivity contribution in [3.05, 3.63) is 12.7 Å². The third-order valence-electron chi connectivity index (χ3n) is 2.26. The first kappa shape index (κ1) is 10.3.